The van der Waals surface area contributed by atoms with Gasteiger partial charge in [-0.2, -0.15) is 13.8 Å². The monoisotopic (exact) mass is 322 g/mol. The number of halogens is 1. The summed E-state index contributed by atoms with van der Waals surface area (Å²) < 4.78 is 9.85. The number of aromatic nitrogens is 4. The van der Waals surface area contributed by atoms with Crippen molar-refractivity contribution in [2.45, 2.75) is 13.5 Å². The molecule has 0 aliphatic rings. The molecule has 0 radical (unpaired) electrons. The van der Waals surface area contributed by atoms with Crippen LogP contribution < -0.4 is 11.1 Å². The van der Waals surface area contributed by atoms with Crippen LogP contribution in [0.2, 0.25) is 5.02 Å². The van der Waals surface area contributed by atoms with Crippen LogP contribution in [-0.2, 0) is 6.54 Å². The lowest BCUT2D eigenvalue weighted by atomic mass is 10.2. The Morgan fingerprint density at radius 2 is 2.29 bits per heavy atom. The van der Waals surface area contributed by atoms with Crippen LogP contribution in [0.25, 0.3) is 11.0 Å². The smallest absolute Gasteiger partial charge is 0.278 e. The number of hydrogen-bond donors (Lipinski definition) is 2. The second-order valence-electron chi connectivity index (χ2n) is 4.30. The van der Waals surface area contributed by atoms with E-state index in [1.54, 1.807) is 23.0 Å². The highest BCUT2D eigenvalue weighted by atomic mass is 35.5. The van der Waals surface area contributed by atoms with E-state index in [9.17, 15) is 4.79 Å². The van der Waals surface area contributed by atoms with E-state index in [1.807, 2.05) is 6.92 Å². The molecule has 3 rings (SSSR count). The van der Waals surface area contributed by atoms with Crippen LogP contribution in [0.15, 0.2) is 18.3 Å². The molecule has 0 unspecified atom stereocenters. The Hall–Kier alpha value is -2.19. The predicted octanol–water partition coefficient (Wildman–Crippen LogP) is 2.40. The molecule has 3 N–H and O–H groups in total. The molecule has 3 aromatic rings. The zero-order chi connectivity index (χ0) is 15.0. The summed E-state index contributed by atoms with van der Waals surface area (Å²) in [7, 11) is 0. The molecular weight excluding hydrogens is 312 g/mol. The van der Waals surface area contributed by atoms with E-state index >= 15 is 0 Å². The molecule has 0 saturated heterocycles. The summed E-state index contributed by atoms with van der Waals surface area (Å²) in [4.78, 5) is 12.3. The van der Waals surface area contributed by atoms with Gasteiger partial charge in [0.2, 0.25) is 0 Å². The third kappa shape index (κ3) is 2.43. The van der Waals surface area contributed by atoms with Crippen LogP contribution in [0.1, 0.15) is 17.4 Å². The van der Waals surface area contributed by atoms with Crippen molar-refractivity contribution in [1.29, 1.82) is 0 Å². The topological polar surface area (TPSA) is 98.7 Å². The lowest BCUT2D eigenvalue weighted by Gasteiger charge is -2.06. The van der Waals surface area contributed by atoms with E-state index in [0.29, 0.717) is 34.0 Å². The highest BCUT2D eigenvalue weighted by molar-refractivity contribution is 7.00. The molecule has 0 aliphatic carbocycles. The van der Waals surface area contributed by atoms with Gasteiger partial charge in [-0.3, -0.25) is 9.48 Å². The molecule has 0 bridgehead atoms. The zero-order valence-corrected chi connectivity index (χ0v) is 12.6. The highest BCUT2D eigenvalue weighted by Crippen LogP contribution is 2.30. The zero-order valence-electron chi connectivity index (χ0n) is 11.0. The maximum Gasteiger partial charge on any atom is 0.278 e. The fourth-order valence-corrected chi connectivity index (χ4v) is 2.64. The van der Waals surface area contributed by atoms with Gasteiger partial charge in [0.15, 0.2) is 5.69 Å². The Kier molecular flexibility index (Phi) is 3.48. The number of fused-ring (bicyclic) bond motifs is 1. The SMILES string of the molecule is CCn1cc(N)c(C(=O)Nc2c(Cl)ccc3nsnc23)n1. The van der Waals surface area contributed by atoms with E-state index in [0.717, 1.165) is 11.7 Å². The molecule has 2 aromatic heterocycles. The Labute approximate surface area is 129 Å². The van der Waals surface area contributed by atoms with Gasteiger partial charge in [0, 0.05) is 12.7 Å². The summed E-state index contributed by atoms with van der Waals surface area (Å²) in [5.41, 5.74) is 7.91. The number of aryl methyl sites for hydroxylation is 1. The molecule has 0 aliphatic heterocycles. The molecule has 21 heavy (non-hydrogen) atoms. The van der Waals surface area contributed by atoms with Crippen LogP contribution in [0.5, 0.6) is 0 Å². The number of nitrogen functional groups attached to an aromatic ring is 1. The van der Waals surface area contributed by atoms with Gasteiger partial charge in [-0.1, -0.05) is 11.6 Å². The maximum atomic E-state index is 12.3. The number of carbonyl (C=O) groups is 1. The van der Waals surface area contributed by atoms with Gasteiger partial charge in [-0.25, -0.2) is 0 Å². The molecule has 0 atom stereocenters. The first-order chi connectivity index (χ1) is 10.1. The van der Waals surface area contributed by atoms with E-state index in [4.69, 9.17) is 17.3 Å². The van der Waals surface area contributed by atoms with Crippen LogP contribution in [-0.4, -0.2) is 24.4 Å². The van der Waals surface area contributed by atoms with Gasteiger partial charge in [0.25, 0.3) is 5.91 Å². The molecule has 1 amide bonds. The normalized spacial score (nSPS) is 11.0. The van der Waals surface area contributed by atoms with Gasteiger partial charge < -0.3 is 11.1 Å². The fraction of sp³-hybridized carbons (Fsp3) is 0.167. The number of anilines is 2. The molecule has 7 nitrogen and oxygen atoms in total. The first-order valence-electron chi connectivity index (χ1n) is 6.15. The van der Waals surface area contributed by atoms with Gasteiger partial charge in [0.05, 0.1) is 28.1 Å². The number of nitrogens with zero attached hydrogens (tertiary/aromatic N) is 4. The number of hydrogen-bond acceptors (Lipinski definition) is 6. The van der Waals surface area contributed by atoms with Gasteiger partial charge in [0.1, 0.15) is 11.0 Å². The number of rotatable bonds is 3. The minimum absolute atomic E-state index is 0.160. The first-order valence-corrected chi connectivity index (χ1v) is 7.26. The largest absolute Gasteiger partial charge is 0.396 e. The summed E-state index contributed by atoms with van der Waals surface area (Å²) in [6, 6.07) is 3.41. The average Bonchev–Trinajstić information content (AvgIpc) is 3.08. The van der Waals surface area contributed by atoms with Gasteiger partial charge in [-0.15, -0.1) is 0 Å². The second kappa shape index (κ2) is 5.30. The third-order valence-electron chi connectivity index (χ3n) is 2.94. The predicted molar refractivity (Wildman–Crippen MR) is 82.7 cm³/mol. The summed E-state index contributed by atoms with van der Waals surface area (Å²) in [6.45, 7) is 2.54. The van der Waals surface area contributed by atoms with E-state index in [-0.39, 0.29) is 5.69 Å². The number of benzene rings is 1. The lowest BCUT2D eigenvalue weighted by molar-refractivity contribution is 0.102. The van der Waals surface area contributed by atoms with E-state index in [2.05, 4.69) is 19.2 Å². The molecule has 108 valence electrons. The second-order valence-corrected chi connectivity index (χ2v) is 5.23. The Morgan fingerprint density at radius 3 is 3.00 bits per heavy atom. The Morgan fingerprint density at radius 1 is 1.48 bits per heavy atom. The molecule has 2 heterocycles. The number of carbonyl (C=O) groups excluding carboxylic acids is 1. The Bertz CT molecular complexity index is 826. The summed E-state index contributed by atoms with van der Waals surface area (Å²) in [5, 5.41) is 7.22. The molecule has 0 fully saturated rings. The number of amides is 1. The van der Waals surface area contributed by atoms with Crippen LogP contribution in [0.3, 0.4) is 0 Å². The van der Waals surface area contributed by atoms with Crippen molar-refractivity contribution in [3.05, 3.63) is 29.0 Å². The molecule has 0 saturated carbocycles. The van der Waals surface area contributed by atoms with Crippen molar-refractivity contribution in [2.24, 2.45) is 0 Å². The van der Waals surface area contributed by atoms with Crippen molar-refractivity contribution in [3.8, 4) is 0 Å². The minimum Gasteiger partial charge on any atom is -0.396 e. The summed E-state index contributed by atoms with van der Waals surface area (Å²) >= 11 is 7.18. The standard InChI is InChI=1S/C12H11ClN6OS/c1-2-19-5-7(14)10(16-19)12(20)15-9-6(13)3-4-8-11(9)18-21-17-8/h3-5H,2,14H2,1H3,(H,15,20). The van der Waals surface area contributed by atoms with E-state index < -0.39 is 5.91 Å². The average molecular weight is 323 g/mol. The number of nitrogens with one attached hydrogen (secondary N) is 1. The molecule has 1 aromatic carbocycles. The maximum absolute atomic E-state index is 12.3. The van der Waals surface area contributed by atoms with Crippen LogP contribution in [0, 0.1) is 0 Å². The lowest BCUT2D eigenvalue weighted by Crippen LogP contribution is -2.15. The fourth-order valence-electron chi connectivity index (χ4n) is 1.89. The molecular formula is C12H11ClN6OS. The highest BCUT2D eigenvalue weighted by Gasteiger charge is 2.18. The first kappa shape index (κ1) is 13.8. The summed E-state index contributed by atoms with van der Waals surface area (Å²) in [5.74, 6) is -0.429. The summed E-state index contributed by atoms with van der Waals surface area (Å²) in [6.07, 6.45) is 1.61. The van der Waals surface area contributed by atoms with Crippen molar-refractivity contribution >= 4 is 51.6 Å². The van der Waals surface area contributed by atoms with Gasteiger partial charge >= 0.3 is 0 Å². The van der Waals surface area contributed by atoms with Crippen LogP contribution in [0.4, 0.5) is 11.4 Å². The Balaban J connectivity index is 1.98. The van der Waals surface area contributed by atoms with Gasteiger partial charge in [-0.05, 0) is 19.1 Å². The number of nitrogens with two attached hydrogens (primary N) is 1. The van der Waals surface area contributed by atoms with Crippen molar-refractivity contribution in [1.82, 2.24) is 18.5 Å². The van der Waals surface area contributed by atoms with E-state index in [1.165, 1.54) is 0 Å². The third-order valence-corrected chi connectivity index (χ3v) is 3.80. The van der Waals surface area contributed by atoms with Crippen molar-refractivity contribution in [2.75, 3.05) is 11.1 Å². The quantitative estimate of drug-likeness (QED) is 0.771. The van der Waals surface area contributed by atoms with Crippen LogP contribution >= 0.6 is 23.3 Å². The molecule has 9 heteroatoms. The van der Waals surface area contributed by atoms with Crippen molar-refractivity contribution < 1.29 is 4.79 Å². The minimum atomic E-state index is -0.429. The van der Waals surface area contributed by atoms with Crippen molar-refractivity contribution in [3.63, 3.8) is 0 Å². The molecule has 0 spiro atoms.